The van der Waals surface area contributed by atoms with Crippen molar-refractivity contribution in [3.63, 3.8) is 0 Å². The van der Waals surface area contributed by atoms with Crippen LogP contribution in [0, 0.1) is 13.8 Å². The summed E-state index contributed by atoms with van der Waals surface area (Å²) in [6, 6.07) is 3.28. The van der Waals surface area contributed by atoms with Crippen LogP contribution in [0.3, 0.4) is 0 Å². The summed E-state index contributed by atoms with van der Waals surface area (Å²) in [4.78, 5) is 47.6. The standard InChI is InChI=1S/C26H35N7O3/c1-14(2)33-23-21(13-29-33)19(24(34)28-12-20-15(3)10-16(4)30-25(20)35)11-22(31-23)18-6-8-32(9-7-18)26(36)17(5)27/h10-11,13-14,17-18H,6-9,12,27H2,1-5H3,(H,28,34)(H,30,35). The number of aryl methyl sites for hydroxylation is 2. The molecule has 0 spiro atoms. The number of nitrogens with two attached hydrogens (primary N) is 1. The molecule has 4 N–H and O–H groups in total. The molecule has 0 aromatic carbocycles. The first kappa shape index (κ1) is 25.6. The molecule has 36 heavy (non-hydrogen) atoms. The number of hydrogen-bond acceptors (Lipinski definition) is 6. The Bertz CT molecular complexity index is 1350. The van der Waals surface area contributed by atoms with Crippen LogP contribution in [0.15, 0.2) is 23.1 Å². The number of H-pyrrole nitrogens is 1. The maximum absolute atomic E-state index is 13.4. The number of carbonyl (C=O) groups excluding carboxylic acids is 2. The van der Waals surface area contributed by atoms with Crippen molar-refractivity contribution in [2.75, 3.05) is 13.1 Å². The van der Waals surface area contributed by atoms with Crippen molar-refractivity contribution in [2.45, 2.75) is 72.0 Å². The van der Waals surface area contributed by atoms with Crippen LogP contribution in [0.25, 0.3) is 11.0 Å². The molecule has 10 heteroatoms. The Morgan fingerprint density at radius 2 is 1.89 bits per heavy atom. The second-order valence-electron chi connectivity index (χ2n) is 10.0. The first-order valence-electron chi connectivity index (χ1n) is 12.5. The van der Waals surface area contributed by atoms with Crippen molar-refractivity contribution >= 4 is 22.8 Å². The number of amides is 2. The van der Waals surface area contributed by atoms with E-state index in [0.29, 0.717) is 35.2 Å². The smallest absolute Gasteiger partial charge is 0.253 e. The zero-order chi connectivity index (χ0) is 26.1. The molecular formula is C26H35N7O3. The maximum Gasteiger partial charge on any atom is 0.253 e. The number of rotatable bonds is 6. The van der Waals surface area contributed by atoms with Crippen molar-refractivity contribution in [2.24, 2.45) is 5.73 Å². The second-order valence-corrected chi connectivity index (χ2v) is 10.0. The van der Waals surface area contributed by atoms with E-state index < -0.39 is 6.04 Å². The Morgan fingerprint density at radius 1 is 1.19 bits per heavy atom. The van der Waals surface area contributed by atoms with Gasteiger partial charge in [0.1, 0.15) is 0 Å². The molecule has 10 nitrogen and oxygen atoms in total. The highest BCUT2D eigenvalue weighted by atomic mass is 16.2. The second kappa shape index (κ2) is 10.2. The summed E-state index contributed by atoms with van der Waals surface area (Å²) < 4.78 is 1.82. The van der Waals surface area contributed by atoms with E-state index in [4.69, 9.17) is 10.7 Å². The fraction of sp³-hybridized carbons (Fsp3) is 0.500. The number of fused-ring (bicyclic) bond motifs is 1. The van der Waals surface area contributed by atoms with E-state index in [1.54, 1.807) is 18.0 Å². The summed E-state index contributed by atoms with van der Waals surface area (Å²) in [6.07, 6.45) is 3.16. The van der Waals surface area contributed by atoms with Gasteiger partial charge < -0.3 is 20.9 Å². The molecule has 0 bridgehead atoms. The van der Waals surface area contributed by atoms with Gasteiger partial charge in [0, 0.05) is 48.5 Å². The number of nitrogens with zero attached hydrogens (tertiary/aromatic N) is 4. The summed E-state index contributed by atoms with van der Waals surface area (Å²) in [5, 5.41) is 8.08. The van der Waals surface area contributed by atoms with Gasteiger partial charge in [0.25, 0.3) is 11.5 Å². The quantitative estimate of drug-likeness (QED) is 0.482. The lowest BCUT2D eigenvalue weighted by Crippen LogP contribution is -2.45. The maximum atomic E-state index is 13.4. The van der Waals surface area contributed by atoms with Crippen molar-refractivity contribution < 1.29 is 9.59 Å². The molecule has 1 aliphatic heterocycles. The zero-order valence-electron chi connectivity index (χ0n) is 21.6. The Kier molecular flexibility index (Phi) is 7.26. The lowest BCUT2D eigenvalue weighted by molar-refractivity contribution is -0.133. The fourth-order valence-electron chi connectivity index (χ4n) is 4.86. The molecule has 1 aliphatic rings. The molecule has 192 valence electrons. The summed E-state index contributed by atoms with van der Waals surface area (Å²) in [5.41, 5.74) is 9.68. The number of pyridine rings is 2. The molecule has 1 unspecified atom stereocenters. The predicted molar refractivity (Wildman–Crippen MR) is 138 cm³/mol. The van der Waals surface area contributed by atoms with Crippen molar-refractivity contribution in [1.82, 2.24) is 30.0 Å². The molecule has 0 saturated carbocycles. The van der Waals surface area contributed by atoms with Gasteiger partial charge in [0.15, 0.2) is 5.65 Å². The molecule has 3 aromatic rings. The van der Waals surface area contributed by atoms with Gasteiger partial charge in [-0.1, -0.05) is 0 Å². The summed E-state index contributed by atoms with van der Waals surface area (Å²) >= 11 is 0. The van der Waals surface area contributed by atoms with Crippen molar-refractivity contribution in [3.05, 3.63) is 56.8 Å². The van der Waals surface area contributed by atoms with Crippen LogP contribution < -0.4 is 16.6 Å². The van der Waals surface area contributed by atoms with Gasteiger partial charge in [0.05, 0.1) is 23.2 Å². The van der Waals surface area contributed by atoms with Gasteiger partial charge in [-0.2, -0.15) is 5.10 Å². The third-order valence-corrected chi connectivity index (χ3v) is 6.85. The molecule has 1 saturated heterocycles. The number of nitrogens with one attached hydrogen (secondary N) is 2. The first-order valence-corrected chi connectivity index (χ1v) is 12.5. The molecule has 1 atom stereocenters. The largest absolute Gasteiger partial charge is 0.348 e. The van der Waals surface area contributed by atoms with Crippen LogP contribution in [0.1, 0.15) is 78.4 Å². The Morgan fingerprint density at radius 3 is 2.50 bits per heavy atom. The molecule has 4 heterocycles. The van der Waals surface area contributed by atoms with E-state index in [0.717, 1.165) is 29.8 Å². The van der Waals surface area contributed by atoms with Crippen LogP contribution in [0.4, 0.5) is 0 Å². The van der Waals surface area contributed by atoms with E-state index in [2.05, 4.69) is 15.4 Å². The van der Waals surface area contributed by atoms with Crippen LogP contribution in [-0.4, -0.2) is 55.6 Å². The topological polar surface area (TPSA) is 139 Å². The SMILES string of the molecule is Cc1cc(C)c(CNC(=O)c2cc(C3CCN(C(=O)C(C)N)CC3)nc3c2cnn3C(C)C)c(=O)[nH]1. The van der Waals surface area contributed by atoms with Crippen molar-refractivity contribution in [1.29, 1.82) is 0 Å². The normalized spacial score (nSPS) is 15.5. The third kappa shape index (κ3) is 5.04. The molecule has 2 amide bonds. The lowest BCUT2D eigenvalue weighted by atomic mass is 9.91. The molecule has 3 aromatic heterocycles. The number of carbonyl (C=O) groups is 2. The Hall–Kier alpha value is -3.53. The van der Waals surface area contributed by atoms with Gasteiger partial charge in [-0.3, -0.25) is 14.4 Å². The first-order chi connectivity index (χ1) is 17.1. The van der Waals surface area contributed by atoms with E-state index >= 15 is 0 Å². The average Bonchev–Trinajstić information content (AvgIpc) is 3.26. The highest BCUT2D eigenvalue weighted by Gasteiger charge is 2.28. The van der Waals surface area contributed by atoms with Crippen LogP contribution in [0.5, 0.6) is 0 Å². The van der Waals surface area contributed by atoms with Gasteiger partial charge in [-0.25, -0.2) is 9.67 Å². The van der Waals surface area contributed by atoms with Crippen LogP contribution in [0.2, 0.25) is 0 Å². The third-order valence-electron chi connectivity index (χ3n) is 6.85. The van der Waals surface area contributed by atoms with Gasteiger partial charge >= 0.3 is 0 Å². The average molecular weight is 494 g/mol. The molecule has 0 radical (unpaired) electrons. The number of hydrogen-bond donors (Lipinski definition) is 3. The minimum Gasteiger partial charge on any atom is -0.348 e. The van der Waals surface area contributed by atoms with Gasteiger partial charge in [0.2, 0.25) is 5.91 Å². The number of piperidine rings is 1. The molecule has 0 aliphatic carbocycles. The minimum atomic E-state index is -0.517. The minimum absolute atomic E-state index is 0.0452. The predicted octanol–water partition coefficient (Wildman–Crippen LogP) is 2.30. The Balaban J connectivity index is 1.63. The summed E-state index contributed by atoms with van der Waals surface area (Å²) in [7, 11) is 0. The lowest BCUT2D eigenvalue weighted by Gasteiger charge is -2.33. The fourth-order valence-corrected chi connectivity index (χ4v) is 4.86. The number of aromatic amines is 1. The summed E-state index contributed by atoms with van der Waals surface area (Å²) in [5.74, 6) is -0.220. The van der Waals surface area contributed by atoms with Crippen molar-refractivity contribution in [3.8, 4) is 0 Å². The van der Waals surface area contributed by atoms with E-state index in [1.165, 1.54) is 0 Å². The van der Waals surface area contributed by atoms with Crippen LogP contribution in [-0.2, 0) is 11.3 Å². The van der Waals surface area contributed by atoms with Gasteiger partial charge in [-0.15, -0.1) is 0 Å². The van der Waals surface area contributed by atoms with Crippen LogP contribution >= 0.6 is 0 Å². The summed E-state index contributed by atoms with van der Waals surface area (Å²) in [6.45, 7) is 10.8. The zero-order valence-corrected chi connectivity index (χ0v) is 21.6. The molecule has 4 rings (SSSR count). The molecule has 1 fully saturated rings. The molecular weight excluding hydrogens is 458 g/mol. The number of likely N-dealkylation sites (tertiary alicyclic amines) is 1. The number of aromatic nitrogens is 4. The van der Waals surface area contributed by atoms with E-state index in [1.807, 2.05) is 44.5 Å². The van der Waals surface area contributed by atoms with E-state index in [9.17, 15) is 14.4 Å². The highest BCUT2D eigenvalue weighted by molar-refractivity contribution is 6.05. The Labute approximate surface area is 210 Å². The van der Waals surface area contributed by atoms with Gasteiger partial charge in [-0.05, 0) is 65.2 Å². The monoisotopic (exact) mass is 493 g/mol. The van der Waals surface area contributed by atoms with E-state index in [-0.39, 0.29) is 35.9 Å². The highest BCUT2D eigenvalue weighted by Crippen LogP contribution is 2.31.